The third-order valence-corrected chi connectivity index (χ3v) is 3.97. The van der Waals surface area contributed by atoms with Crippen molar-refractivity contribution in [2.24, 2.45) is 0 Å². The molecular weight excluding hydrogens is 308 g/mol. The summed E-state index contributed by atoms with van der Waals surface area (Å²) < 4.78 is 16.3. The summed E-state index contributed by atoms with van der Waals surface area (Å²) in [5.74, 6) is 0.325. The third-order valence-electron chi connectivity index (χ3n) is 3.97. The number of carbonyl (C=O) groups excluding carboxylic acids is 2. The van der Waals surface area contributed by atoms with Crippen molar-refractivity contribution in [3.05, 3.63) is 29.3 Å². The maximum Gasteiger partial charge on any atom is 0.341 e. The molecule has 1 aromatic carbocycles. The van der Waals surface area contributed by atoms with Crippen LogP contribution in [0.25, 0.3) is 6.08 Å². The van der Waals surface area contributed by atoms with Gasteiger partial charge in [0.15, 0.2) is 17.3 Å². The van der Waals surface area contributed by atoms with Gasteiger partial charge in [0.2, 0.25) is 0 Å². The summed E-state index contributed by atoms with van der Waals surface area (Å²) in [6.07, 6.45) is 6.13. The van der Waals surface area contributed by atoms with Crippen molar-refractivity contribution >= 4 is 17.8 Å². The lowest BCUT2D eigenvalue weighted by atomic mass is 10.1. The average molecular weight is 332 g/mol. The molecule has 0 N–H and O–H groups in total. The number of methoxy groups -OCH3 is 1. The molecule has 0 atom stereocenters. The number of benzene rings is 1. The van der Waals surface area contributed by atoms with Gasteiger partial charge < -0.3 is 14.2 Å². The molecule has 0 unspecified atom stereocenters. The number of ether oxygens (including phenoxy) is 3. The molecule has 2 rings (SSSR count). The van der Waals surface area contributed by atoms with Crippen LogP contribution in [0.2, 0.25) is 0 Å². The molecule has 1 saturated carbocycles. The van der Waals surface area contributed by atoms with Crippen LogP contribution in [0.1, 0.15) is 45.1 Å². The van der Waals surface area contributed by atoms with Crippen LogP contribution in [0.15, 0.2) is 23.8 Å². The Kier molecular flexibility index (Phi) is 6.41. The Bertz CT molecular complexity index is 627. The third kappa shape index (κ3) is 4.60. The molecule has 0 radical (unpaired) electrons. The van der Waals surface area contributed by atoms with E-state index in [0.717, 1.165) is 12.8 Å². The second-order valence-electron chi connectivity index (χ2n) is 5.77. The largest absolute Gasteiger partial charge is 0.493 e. The second-order valence-corrected chi connectivity index (χ2v) is 5.77. The van der Waals surface area contributed by atoms with Gasteiger partial charge in [0.05, 0.1) is 19.8 Å². The normalized spacial score (nSPS) is 15.2. The molecule has 0 aromatic heterocycles. The Morgan fingerprint density at radius 1 is 1.21 bits per heavy atom. The van der Waals surface area contributed by atoms with E-state index in [4.69, 9.17) is 14.2 Å². The summed E-state index contributed by atoms with van der Waals surface area (Å²) in [6.45, 7) is 3.28. The number of hydrogen-bond acceptors (Lipinski definition) is 5. The predicted octanol–water partition coefficient (Wildman–Crippen LogP) is 3.55. The Labute approximate surface area is 142 Å². The lowest BCUT2D eigenvalue weighted by Gasteiger charge is -2.16. The Morgan fingerprint density at radius 3 is 2.50 bits per heavy atom. The van der Waals surface area contributed by atoms with Crippen LogP contribution >= 0.6 is 0 Å². The summed E-state index contributed by atoms with van der Waals surface area (Å²) in [5, 5.41) is 0. The van der Waals surface area contributed by atoms with Gasteiger partial charge in [0, 0.05) is 0 Å². The zero-order valence-electron chi connectivity index (χ0n) is 14.5. The molecule has 1 fully saturated rings. The van der Waals surface area contributed by atoms with Crippen LogP contribution in [-0.2, 0) is 14.3 Å². The van der Waals surface area contributed by atoms with Crippen LogP contribution in [0.4, 0.5) is 0 Å². The fraction of sp³-hybridized carbons (Fsp3) is 0.474. The first-order valence-electron chi connectivity index (χ1n) is 8.29. The van der Waals surface area contributed by atoms with Crippen LogP contribution in [0.3, 0.4) is 0 Å². The first-order chi connectivity index (χ1) is 11.5. The number of hydrogen-bond donors (Lipinski definition) is 0. The van der Waals surface area contributed by atoms with E-state index in [2.05, 4.69) is 0 Å². The first-order valence-corrected chi connectivity index (χ1v) is 8.29. The number of rotatable bonds is 7. The highest BCUT2D eigenvalue weighted by Crippen LogP contribution is 2.33. The van der Waals surface area contributed by atoms with Crippen molar-refractivity contribution < 1.29 is 23.8 Å². The topological polar surface area (TPSA) is 61.8 Å². The summed E-state index contributed by atoms with van der Waals surface area (Å²) in [7, 11) is 1.59. The smallest absolute Gasteiger partial charge is 0.341 e. The molecule has 0 spiro atoms. The maximum atomic E-state index is 11.9. The molecule has 24 heavy (non-hydrogen) atoms. The highest BCUT2D eigenvalue weighted by molar-refractivity contribution is 6.19. The van der Waals surface area contributed by atoms with Gasteiger partial charge in [-0.3, -0.25) is 4.79 Å². The fourth-order valence-electron chi connectivity index (χ4n) is 2.74. The van der Waals surface area contributed by atoms with Crippen LogP contribution in [0, 0.1) is 0 Å². The van der Waals surface area contributed by atoms with E-state index in [0.29, 0.717) is 17.1 Å². The van der Waals surface area contributed by atoms with Gasteiger partial charge in [-0.05, 0) is 63.3 Å². The lowest BCUT2D eigenvalue weighted by molar-refractivity contribution is -0.139. The summed E-state index contributed by atoms with van der Waals surface area (Å²) in [5.41, 5.74) is 0.718. The van der Waals surface area contributed by atoms with Gasteiger partial charge in [-0.15, -0.1) is 0 Å². The van der Waals surface area contributed by atoms with Crippen molar-refractivity contribution in [3.8, 4) is 11.5 Å². The second kappa shape index (κ2) is 8.52. The standard InChI is InChI=1S/C19H24O5/c1-4-23-19(21)16(13(2)20)11-14-9-10-17(22-3)18(12-14)24-15-7-5-6-8-15/h9-12,15H,4-8H2,1-3H3/b16-11+. The van der Waals surface area contributed by atoms with Crippen LogP contribution in [0.5, 0.6) is 11.5 Å². The van der Waals surface area contributed by atoms with E-state index in [1.54, 1.807) is 32.2 Å². The van der Waals surface area contributed by atoms with Gasteiger partial charge in [-0.25, -0.2) is 4.79 Å². The van der Waals surface area contributed by atoms with Gasteiger partial charge in [-0.2, -0.15) is 0 Å². The summed E-state index contributed by atoms with van der Waals surface area (Å²) >= 11 is 0. The van der Waals surface area contributed by atoms with Crippen molar-refractivity contribution in [2.75, 3.05) is 13.7 Å². The SMILES string of the molecule is CCOC(=O)/C(=C/c1ccc(OC)c(OC2CCCC2)c1)C(C)=O. The van der Waals surface area contributed by atoms with E-state index in [-0.39, 0.29) is 24.1 Å². The van der Waals surface area contributed by atoms with Gasteiger partial charge in [-0.1, -0.05) is 6.07 Å². The van der Waals surface area contributed by atoms with Gasteiger partial charge in [0.1, 0.15) is 5.57 Å². The van der Waals surface area contributed by atoms with Gasteiger partial charge in [0.25, 0.3) is 0 Å². The van der Waals surface area contributed by atoms with Gasteiger partial charge >= 0.3 is 5.97 Å². The van der Waals surface area contributed by atoms with Crippen LogP contribution in [-0.4, -0.2) is 31.6 Å². The monoisotopic (exact) mass is 332 g/mol. The van der Waals surface area contributed by atoms with E-state index in [1.807, 2.05) is 0 Å². The number of Topliss-reactive ketones (excluding diaryl/α,β-unsaturated/α-hetero) is 1. The zero-order valence-corrected chi connectivity index (χ0v) is 14.5. The molecule has 1 aliphatic rings. The van der Waals surface area contributed by atoms with E-state index < -0.39 is 5.97 Å². The Hall–Kier alpha value is -2.30. The molecule has 5 nitrogen and oxygen atoms in total. The molecular formula is C19H24O5. The van der Waals surface area contributed by atoms with E-state index in [1.165, 1.54) is 25.8 Å². The van der Waals surface area contributed by atoms with Crippen molar-refractivity contribution in [3.63, 3.8) is 0 Å². The number of ketones is 1. The molecule has 130 valence electrons. The highest BCUT2D eigenvalue weighted by Gasteiger charge is 2.19. The molecule has 1 aromatic rings. The van der Waals surface area contributed by atoms with Crippen LogP contribution < -0.4 is 9.47 Å². The fourth-order valence-corrected chi connectivity index (χ4v) is 2.74. The molecule has 0 saturated heterocycles. The molecule has 0 bridgehead atoms. The first kappa shape index (κ1) is 18.0. The Morgan fingerprint density at radius 2 is 1.92 bits per heavy atom. The zero-order chi connectivity index (χ0) is 17.5. The molecule has 0 amide bonds. The minimum Gasteiger partial charge on any atom is -0.493 e. The van der Waals surface area contributed by atoms with Crippen molar-refractivity contribution in [1.29, 1.82) is 0 Å². The van der Waals surface area contributed by atoms with Crippen molar-refractivity contribution in [2.45, 2.75) is 45.6 Å². The average Bonchev–Trinajstić information content (AvgIpc) is 3.05. The molecule has 0 heterocycles. The molecule has 5 heteroatoms. The minimum atomic E-state index is -0.612. The lowest BCUT2D eigenvalue weighted by Crippen LogP contribution is -2.13. The maximum absolute atomic E-state index is 11.9. The molecule has 1 aliphatic carbocycles. The highest BCUT2D eigenvalue weighted by atomic mass is 16.5. The van der Waals surface area contributed by atoms with E-state index in [9.17, 15) is 9.59 Å². The quantitative estimate of drug-likeness (QED) is 0.331. The van der Waals surface area contributed by atoms with Crippen molar-refractivity contribution in [1.82, 2.24) is 0 Å². The number of carbonyl (C=O) groups is 2. The minimum absolute atomic E-state index is 0.0221. The summed E-state index contributed by atoms with van der Waals surface area (Å²) in [6, 6.07) is 5.35. The summed E-state index contributed by atoms with van der Waals surface area (Å²) in [4.78, 5) is 23.6. The Balaban J connectivity index is 2.29. The predicted molar refractivity (Wildman–Crippen MR) is 91.2 cm³/mol. The number of esters is 1. The molecule has 0 aliphatic heterocycles. The van der Waals surface area contributed by atoms with E-state index >= 15 is 0 Å².